The lowest BCUT2D eigenvalue weighted by Crippen LogP contribution is -2.27. The third-order valence-corrected chi connectivity index (χ3v) is 2.00. The van der Waals surface area contributed by atoms with E-state index in [0.29, 0.717) is 10.3 Å². The Hall–Kier alpha value is -1.70. The summed E-state index contributed by atoms with van der Waals surface area (Å²) in [7, 11) is 0. The number of carbonyl (C=O) groups excluding carboxylic acids is 1. The molecule has 0 saturated heterocycles. The Labute approximate surface area is 93.1 Å². The highest BCUT2D eigenvalue weighted by molar-refractivity contribution is 9.10. The van der Waals surface area contributed by atoms with E-state index >= 15 is 0 Å². The van der Waals surface area contributed by atoms with Crippen molar-refractivity contribution in [2.45, 2.75) is 6.92 Å². The average molecular weight is 275 g/mol. The van der Waals surface area contributed by atoms with Crippen molar-refractivity contribution >= 4 is 33.3 Å². The third-order valence-electron chi connectivity index (χ3n) is 1.39. The fraction of sp³-hybridized carbons (Fsp3) is 0.143. The highest BCUT2D eigenvalue weighted by Crippen LogP contribution is 2.23. The Morgan fingerprint density at radius 1 is 1.67 bits per heavy atom. The maximum Gasteiger partial charge on any atom is 0.288 e. The van der Waals surface area contributed by atoms with Crippen molar-refractivity contribution < 1.29 is 9.72 Å². The van der Waals surface area contributed by atoms with E-state index in [1.807, 2.05) is 0 Å². The number of rotatable bonds is 3. The van der Waals surface area contributed by atoms with Crippen molar-refractivity contribution in [3.8, 4) is 0 Å². The number of anilines is 1. The zero-order valence-corrected chi connectivity index (χ0v) is 9.24. The number of hydrazine groups is 1. The van der Waals surface area contributed by atoms with Gasteiger partial charge < -0.3 is 0 Å². The fourth-order valence-electron chi connectivity index (χ4n) is 0.767. The van der Waals surface area contributed by atoms with E-state index in [9.17, 15) is 14.9 Å². The molecule has 0 unspecified atom stereocenters. The molecule has 0 aromatic carbocycles. The molecule has 0 spiro atoms. The van der Waals surface area contributed by atoms with Crippen LogP contribution in [-0.4, -0.2) is 15.8 Å². The number of amides is 1. The summed E-state index contributed by atoms with van der Waals surface area (Å²) in [6.07, 6.45) is 1.09. The molecule has 0 saturated carbocycles. The van der Waals surface area contributed by atoms with Crippen LogP contribution in [0.3, 0.4) is 0 Å². The fourth-order valence-corrected chi connectivity index (χ4v) is 1.20. The lowest BCUT2D eigenvalue weighted by Gasteiger charge is -2.06. The Bertz CT molecular complexity index is 409. The smallest absolute Gasteiger partial charge is 0.281 e. The van der Waals surface area contributed by atoms with Gasteiger partial charge in [0.2, 0.25) is 5.91 Å². The number of aromatic nitrogens is 1. The van der Waals surface area contributed by atoms with Crippen molar-refractivity contribution in [3.05, 3.63) is 26.9 Å². The highest BCUT2D eigenvalue weighted by atomic mass is 79.9. The van der Waals surface area contributed by atoms with E-state index in [2.05, 4.69) is 31.8 Å². The van der Waals surface area contributed by atoms with E-state index < -0.39 is 4.92 Å². The maximum absolute atomic E-state index is 10.6. The van der Waals surface area contributed by atoms with Crippen molar-refractivity contribution in [3.63, 3.8) is 0 Å². The first-order valence-corrected chi connectivity index (χ1v) is 4.62. The van der Waals surface area contributed by atoms with Crippen molar-refractivity contribution in [2.24, 2.45) is 0 Å². The number of nitrogens with one attached hydrogen (secondary N) is 2. The second kappa shape index (κ2) is 4.69. The van der Waals surface area contributed by atoms with Crippen LogP contribution >= 0.6 is 15.9 Å². The quantitative estimate of drug-likeness (QED) is 0.638. The predicted molar refractivity (Wildman–Crippen MR) is 56.0 cm³/mol. The second-order valence-corrected chi connectivity index (χ2v) is 3.44. The van der Waals surface area contributed by atoms with Gasteiger partial charge in [0, 0.05) is 13.0 Å². The average Bonchev–Trinajstić information content (AvgIpc) is 2.15. The minimum atomic E-state index is -0.556. The van der Waals surface area contributed by atoms with Crippen LogP contribution in [0, 0.1) is 10.1 Å². The molecular formula is C7H7BrN4O3. The molecule has 1 aromatic rings. The van der Waals surface area contributed by atoms with Gasteiger partial charge in [-0.3, -0.25) is 25.8 Å². The van der Waals surface area contributed by atoms with Crippen LogP contribution in [0.5, 0.6) is 0 Å². The molecule has 0 aliphatic heterocycles. The van der Waals surface area contributed by atoms with Gasteiger partial charge >= 0.3 is 0 Å². The SMILES string of the molecule is CC(=O)NNc1ncc([N+](=O)[O-])cc1Br. The summed E-state index contributed by atoms with van der Waals surface area (Å²) in [5.74, 6) is 0.0119. The molecular weight excluding hydrogens is 268 g/mol. The number of hydrogen-bond acceptors (Lipinski definition) is 5. The third kappa shape index (κ3) is 3.17. The van der Waals surface area contributed by atoms with Gasteiger partial charge in [-0.2, -0.15) is 0 Å². The van der Waals surface area contributed by atoms with Crippen LogP contribution in [0.15, 0.2) is 16.7 Å². The largest absolute Gasteiger partial charge is 0.288 e. The zero-order valence-electron chi connectivity index (χ0n) is 7.65. The van der Waals surface area contributed by atoms with Gasteiger partial charge in [-0.05, 0) is 15.9 Å². The standard InChI is InChI=1S/C7H7BrN4O3/c1-4(13)10-11-7-6(8)2-5(3-9-7)12(14)15/h2-3H,1H3,(H,9,11)(H,10,13). The first-order valence-electron chi connectivity index (χ1n) is 3.83. The summed E-state index contributed by atoms with van der Waals surface area (Å²) in [4.78, 5) is 24.2. The normalized spacial score (nSPS) is 9.47. The molecule has 1 rings (SSSR count). The van der Waals surface area contributed by atoms with Crippen LogP contribution in [0.1, 0.15) is 6.92 Å². The lowest BCUT2D eigenvalue weighted by molar-refractivity contribution is -0.385. The minimum absolute atomic E-state index is 0.129. The van der Waals surface area contributed by atoms with Gasteiger partial charge in [0.15, 0.2) is 5.82 Å². The Morgan fingerprint density at radius 2 is 2.33 bits per heavy atom. The van der Waals surface area contributed by atoms with Gasteiger partial charge in [0.1, 0.15) is 6.20 Å². The second-order valence-electron chi connectivity index (χ2n) is 2.59. The molecule has 15 heavy (non-hydrogen) atoms. The molecule has 1 amide bonds. The summed E-state index contributed by atoms with van der Waals surface area (Å²) in [5, 5.41) is 10.4. The maximum atomic E-state index is 10.6. The Morgan fingerprint density at radius 3 is 2.80 bits per heavy atom. The van der Waals surface area contributed by atoms with Crippen molar-refractivity contribution in [2.75, 3.05) is 5.43 Å². The van der Waals surface area contributed by atoms with E-state index in [1.165, 1.54) is 13.0 Å². The van der Waals surface area contributed by atoms with Crippen LogP contribution in [0.2, 0.25) is 0 Å². The number of halogens is 1. The predicted octanol–water partition coefficient (Wildman–Crippen LogP) is 1.22. The van der Waals surface area contributed by atoms with Gasteiger partial charge in [-0.1, -0.05) is 0 Å². The minimum Gasteiger partial charge on any atom is -0.281 e. The molecule has 1 heterocycles. The van der Waals surface area contributed by atoms with E-state index in [1.54, 1.807) is 0 Å². The first-order chi connectivity index (χ1) is 7.00. The number of nitrogens with zero attached hydrogens (tertiary/aromatic N) is 2. The molecule has 1 aromatic heterocycles. The molecule has 0 aliphatic rings. The molecule has 7 nitrogen and oxygen atoms in total. The molecule has 80 valence electrons. The molecule has 0 aliphatic carbocycles. The summed E-state index contributed by atoms with van der Waals surface area (Å²) in [5.41, 5.74) is 4.67. The van der Waals surface area contributed by atoms with Crippen molar-refractivity contribution in [1.82, 2.24) is 10.4 Å². The molecule has 2 N–H and O–H groups in total. The zero-order chi connectivity index (χ0) is 11.4. The van der Waals surface area contributed by atoms with Crippen LogP contribution in [0.4, 0.5) is 11.5 Å². The Balaban J connectivity index is 2.83. The number of carbonyl (C=O) groups is 1. The van der Waals surface area contributed by atoms with Gasteiger partial charge in [0.05, 0.1) is 9.40 Å². The van der Waals surface area contributed by atoms with Gasteiger partial charge in [-0.25, -0.2) is 4.98 Å². The summed E-state index contributed by atoms with van der Waals surface area (Å²) >= 11 is 3.08. The van der Waals surface area contributed by atoms with Gasteiger partial charge in [0.25, 0.3) is 5.69 Å². The van der Waals surface area contributed by atoms with Crippen molar-refractivity contribution in [1.29, 1.82) is 0 Å². The summed E-state index contributed by atoms with van der Waals surface area (Å²) < 4.78 is 0.394. The summed E-state index contributed by atoms with van der Waals surface area (Å²) in [6.45, 7) is 1.33. The molecule has 0 fully saturated rings. The number of hydrogen-bond donors (Lipinski definition) is 2. The van der Waals surface area contributed by atoms with Gasteiger partial charge in [-0.15, -0.1) is 0 Å². The van der Waals surface area contributed by atoms with E-state index in [4.69, 9.17) is 0 Å². The topological polar surface area (TPSA) is 97.2 Å². The highest BCUT2D eigenvalue weighted by Gasteiger charge is 2.10. The molecule has 0 bridgehead atoms. The van der Waals surface area contributed by atoms with Crippen LogP contribution < -0.4 is 10.9 Å². The monoisotopic (exact) mass is 274 g/mol. The lowest BCUT2D eigenvalue weighted by atomic mass is 10.4. The van der Waals surface area contributed by atoms with Crippen LogP contribution in [0.25, 0.3) is 0 Å². The first kappa shape index (κ1) is 11.4. The summed E-state index contributed by atoms with van der Waals surface area (Å²) in [6, 6.07) is 1.29. The Kier molecular flexibility index (Phi) is 3.56. The molecule has 8 heteroatoms. The molecule has 0 radical (unpaired) electrons. The number of nitro groups is 1. The van der Waals surface area contributed by atoms with E-state index in [-0.39, 0.29) is 11.6 Å². The molecule has 0 atom stereocenters. The van der Waals surface area contributed by atoms with Crippen LogP contribution in [-0.2, 0) is 4.79 Å². The van der Waals surface area contributed by atoms with E-state index in [0.717, 1.165) is 6.20 Å². The number of pyridine rings is 1.